The second kappa shape index (κ2) is 16.1. The zero-order valence-electron chi connectivity index (χ0n) is 22.1. The summed E-state index contributed by atoms with van der Waals surface area (Å²) < 4.78 is 58.8. The Morgan fingerprint density at radius 2 is 1.48 bits per heavy atom. The number of nitrogens with one attached hydrogen (secondary N) is 3. The largest absolute Gasteiger partial charge is 0.490 e. The first-order valence-corrected chi connectivity index (χ1v) is 12.3. The molecule has 0 bridgehead atoms. The highest BCUT2D eigenvalue weighted by molar-refractivity contribution is 7.80. The number of hydrogen-bond donors (Lipinski definition) is 4. The molecule has 0 saturated carbocycles. The van der Waals surface area contributed by atoms with Gasteiger partial charge in [-0.1, -0.05) is 0 Å². The highest BCUT2D eigenvalue weighted by atomic mass is 32.1. The second-order valence-electron chi connectivity index (χ2n) is 8.57. The smallest absolute Gasteiger partial charge is 0.475 e. The molecular formula is C22H32F3N3O11S. The number of carboxylic acids is 1. The van der Waals surface area contributed by atoms with Gasteiger partial charge in [-0.3, -0.25) is 19.2 Å². The minimum atomic E-state index is -5.08. The van der Waals surface area contributed by atoms with E-state index in [9.17, 15) is 32.3 Å². The lowest BCUT2D eigenvalue weighted by Crippen LogP contribution is -2.67. The van der Waals surface area contributed by atoms with Crippen molar-refractivity contribution in [2.45, 2.75) is 83.4 Å². The van der Waals surface area contributed by atoms with E-state index in [4.69, 9.17) is 45.8 Å². The number of hydrogen-bond acceptors (Lipinski definition) is 12. The molecule has 4 N–H and O–H groups in total. The van der Waals surface area contributed by atoms with Crippen molar-refractivity contribution < 1.29 is 65.9 Å². The molecule has 0 aromatic rings. The molecule has 0 aromatic heterocycles. The normalized spacial score (nSPS) is 25.8. The Labute approximate surface area is 232 Å². The van der Waals surface area contributed by atoms with Gasteiger partial charge < -0.3 is 44.7 Å². The molecule has 6 atom stereocenters. The number of esters is 4. The van der Waals surface area contributed by atoms with Crippen molar-refractivity contribution in [3.8, 4) is 0 Å². The minimum absolute atomic E-state index is 0.213. The molecule has 2 aliphatic rings. The fraction of sp³-hybridized carbons (Fsp3) is 0.727. The summed E-state index contributed by atoms with van der Waals surface area (Å²) in [6, 6.07) is 0.264. The third kappa shape index (κ3) is 12.7. The van der Waals surface area contributed by atoms with Crippen molar-refractivity contribution in [3.63, 3.8) is 0 Å². The number of rotatable bonds is 8. The van der Waals surface area contributed by atoms with Crippen LogP contribution in [0.5, 0.6) is 0 Å². The Bertz CT molecular complexity index is 931. The number of carboxylic acid groups (broad SMARTS) is 1. The molecule has 0 aliphatic carbocycles. The van der Waals surface area contributed by atoms with E-state index in [1.165, 1.54) is 13.8 Å². The topological polar surface area (TPSA) is 188 Å². The molecule has 2 heterocycles. The minimum Gasteiger partial charge on any atom is -0.475 e. The van der Waals surface area contributed by atoms with Crippen molar-refractivity contribution in [2.75, 3.05) is 19.7 Å². The molecule has 0 spiro atoms. The van der Waals surface area contributed by atoms with E-state index in [-0.39, 0.29) is 17.8 Å². The van der Waals surface area contributed by atoms with Crippen LogP contribution in [0.1, 0.15) is 40.5 Å². The first kappa shape index (κ1) is 34.8. The van der Waals surface area contributed by atoms with Crippen molar-refractivity contribution in [3.05, 3.63) is 0 Å². The molecule has 2 fully saturated rings. The van der Waals surface area contributed by atoms with Crippen LogP contribution >= 0.6 is 12.2 Å². The summed E-state index contributed by atoms with van der Waals surface area (Å²) in [5.74, 6) is -5.41. The average molecular weight is 604 g/mol. The van der Waals surface area contributed by atoms with E-state index in [1.54, 1.807) is 0 Å². The van der Waals surface area contributed by atoms with Gasteiger partial charge in [0.15, 0.2) is 29.7 Å². The van der Waals surface area contributed by atoms with Crippen molar-refractivity contribution >= 4 is 47.2 Å². The first-order valence-electron chi connectivity index (χ1n) is 11.9. The number of carbonyl (C=O) groups excluding carboxylic acids is 4. The Morgan fingerprint density at radius 3 is 1.93 bits per heavy atom. The zero-order valence-corrected chi connectivity index (χ0v) is 22.9. The average Bonchev–Trinajstić information content (AvgIpc) is 3.33. The number of aliphatic carboxylic acids is 1. The molecular weight excluding hydrogens is 571 g/mol. The molecule has 40 heavy (non-hydrogen) atoms. The molecule has 2 rings (SSSR count). The van der Waals surface area contributed by atoms with Gasteiger partial charge in [0.1, 0.15) is 12.7 Å². The van der Waals surface area contributed by atoms with Crippen LogP contribution in [0.3, 0.4) is 0 Å². The second-order valence-corrected chi connectivity index (χ2v) is 8.98. The molecule has 228 valence electrons. The molecule has 18 heteroatoms. The molecule has 0 amide bonds. The number of carbonyl (C=O) groups is 5. The predicted octanol–water partition coefficient (Wildman–Crippen LogP) is -0.0811. The van der Waals surface area contributed by atoms with Gasteiger partial charge >= 0.3 is 36.0 Å². The van der Waals surface area contributed by atoms with Crippen LogP contribution in [0.25, 0.3) is 0 Å². The number of ether oxygens (including phenoxy) is 5. The summed E-state index contributed by atoms with van der Waals surface area (Å²) in [7, 11) is 0. The van der Waals surface area contributed by atoms with Gasteiger partial charge in [-0.2, -0.15) is 13.2 Å². The monoisotopic (exact) mass is 603 g/mol. The SMILES string of the molecule is CC(=O)OC[C@H]1O[C@@H](NC(=S)NC[C@H]2CCCN2)[C@H](OC(C)=O)[C@@H](OC(C)=O)[C@@H]1OC(C)=O.O=C(O)C(F)(F)F. The van der Waals surface area contributed by atoms with Crippen molar-refractivity contribution in [1.29, 1.82) is 0 Å². The van der Waals surface area contributed by atoms with Crippen LogP contribution in [0.15, 0.2) is 0 Å². The van der Waals surface area contributed by atoms with Crippen LogP contribution in [-0.2, 0) is 47.7 Å². The number of halogens is 3. The fourth-order valence-corrected chi connectivity index (χ4v) is 3.87. The molecule has 0 unspecified atom stereocenters. The van der Waals surface area contributed by atoms with Gasteiger partial charge in [-0.15, -0.1) is 0 Å². The van der Waals surface area contributed by atoms with Gasteiger partial charge in [0.05, 0.1) is 0 Å². The van der Waals surface area contributed by atoms with E-state index >= 15 is 0 Å². The molecule has 0 aromatic carbocycles. The van der Waals surface area contributed by atoms with E-state index in [2.05, 4.69) is 16.0 Å². The number of alkyl halides is 3. The zero-order chi connectivity index (χ0) is 30.6. The summed E-state index contributed by atoms with van der Waals surface area (Å²) in [6.45, 7) is 5.91. The van der Waals surface area contributed by atoms with E-state index in [1.807, 2.05) is 0 Å². The van der Waals surface area contributed by atoms with E-state index in [0.717, 1.165) is 33.2 Å². The van der Waals surface area contributed by atoms with Gasteiger partial charge in [0.2, 0.25) is 0 Å². The van der Waals surface area contributed by atoms with E-state index in [0.29, 0.717) is 6.54 Å². The quantitative estimate of drug-likeness (QED) is 0.164. The Hall–Kier alpha value is -3.25. The van der Waals surface area contributed by atoms with Gasteiger partial charge in [-0.05, 0) is 31.6 Å². The van der Waals surface area contributed by atoms with Gasteiger partial charge in [0.25, 0.3) is 0 Å². The molecule has 0 radical (unpaired) electrons. The fourth-order valence-electron chi connectivity index (χ4n) is 3.67. The summed E-state index contributed by atoms with van der Waals surface area (Å²) in [5, 5.41) is 16.7. The Balaban J connectivity index is 0.00000101. The third-order valence-corrected chi connectivity index (χ3v) is 5.44. The maximum absolute atomic E-state index is 11.8. The summed E-state index contributed by atoms with van der Waals surface area (Å²) in [5.41, 5.74) is 0. The first-order chi connectivity index (χ1) is 18.5. The Kier molecular flexibility index (Phi) is 14.0. The van der Waals surface area contributed by atoms with Crippen molar-refractivity contribution in [2.24, 2.45) is 0 Å². The predicted molar refractivity (Wildman–Crippen MR) is 130 cm³/mol. The summed E-state index contributed by atoms with van der Waals surface area (Å²) in [4.78, 5) is 55.6. The van der Waals surface area contributed by atoms with Crippen molar-refractivity contribution in [1.82, 2.24) is 16.0 Å². The van der Waals surface area contributed by atoms with Crippen LogP contribution in [0.4, 0.5) is 13.2 Å². The van der Waals surface area contributed by atoms with Gasteiger partial charge in [-0.25, -0.2) is 4.79 Å². The summed E-state index contributed by atoms with van der Waals surface area (Å²) >= 11 is 5.36. The van der Waals surface area contributed by atoms with Gasteiger partial charge in [0, 0.05) is 40.3 Å². The third-order valence-electron chi connectivity index (χ3n) is 5.18. The van der Waals surface area contributed by atoms with Crippen LogP contribution in [-0.4, -0.2) is 103 Å². The Morgan fingerprint density at radius 1 is 0.950 bits per heavy atom. The highest BCUT2D eigenvalue weighted by Crippen LogP contribution is 2.28. The van der Waals surface area contributed by atoms with Crippen LogP contribution in [0, 0.1) is 0 Å². The summed E-state index contributed by atoms with van der Waals surface area (Å²) in [6.07, 6.45) is -8.80. The van der Waals surface area contributed by atoms with Crippen LogP contribution in [0.2, 0.25) is 0 Å². The maximum atomic E-state index is 11.8. The lowest BCUT2D eigenvalue weighted by atomic mass is 9.97. The van der Waals surface area contributed by atoms with Crippen LogP contribution < -0.4 is 16.0 Å². The lowest BCUT2D eigenvalue weighted by Gasteiger charge is -2.44. The molecule has 2 saturated heterocycles. The lowest BCUT2D eigenvalue weighted by molar-refractivity contribution is -0.254. The number of thiocarbonyl (C=S) groups is 1. The standard InChI is InChI=1S/C20H31N3O9S.C2HF3O2/c1-10(24)28-9-15-16(29-11(2)25)17(30-12(3)26)18(31-13(4)27)19(32-15)23-20(33)22-8-14-6-5-7-21-14;3-2(4,5)1(6)7/h14-19,21H,5-9H2,1-4H3,(H2,22,23,33);(H,6,7)/t14-,15-,16-,17+,18-,19-;/m1./s1. The molecule has 14 nitrogen and oxygen atoms in total. The highest BCUT2D eigenvalue weighted by Gasteiger charge is 2.52. The molecule has 2 aliphatic heterocycles. The maximum Gasteiger partial charge on any atom is 0.490 e. The van der Waals surface area contributed by atoms with E-state index < -0.39 is 66.7 Å².